The highest BCUT2D eigenvalue weighted by Crippen LogP contribution is 2.15. The van der Waals surface area contributed by atoms with Crippen molar-refractivity contribution in [2.45, 2.75) is 26.8 Å². The summed E-state index contributed by atoms with van der Waals surface area (Å²) in [5.74, 6) is 0.453. The SMILES string of the molecule is CCc1cccc(NC(=O)Cn2nc3nc(Nc4ccc(C)cc4)ccn3c2=O)c1. The Labute approximate surface area is 173 Å². The number of fused-ring (bicyclic) bond motifs is 1. The standard InChI is InChI=1S/C22H22N6O2/c1-3-16-5-4-6-18(13-16)24-20(29)14-28-22(30)27-12-11-19(25-21(27)26-28)23-17-9-7-15(2)8-10-17/h4-13H,3,14H2,1-2H3,(H,24,29)(H,23,25,26). The molecule has 2 aromatic heterocycles. The molecule has 0 radical (unpaired) electrons. The first kappa shape index (κ1) is 19.4. The number of amides is 1. The van der Waals surface area contributed by atoms with Crippen molar-refractivity contribution in [3.63, 3.8) is 0 Å². The van der Waals surface area contributed by atoms with E-state index in [1.54, 1.807) is 12.3 Å². The molecule has 0 fully saturated rings. The van der Waals surface area contributed by atoms with Gasteiger partial charge in [-0.2, -0.15) is 4.98 Å². The molecule has 0 unspecified atom stereocenters. The van der Waals surface area contributed by atoms with Crippen LogP contribution in [0.3, 0.4) is 0 Å². The van der Waals surface area contributed by atoms with Gasteiger partial charge in [0.25, 0.3) is 5.78 Å². The van der Waals surface area contributed by atoms with Crippen LogP contribution >= 0.6 is 0 Å². The Morgan fingerprint density at radius 2 is 1.87 bits per heavy atom. The third-order valence-corrected chi connectivity index (χ3v) is 4.69. The molecule has 30 heavy (non-hydrogen) atoms. The molecule has 2 aromatic carbocycles. The number of nitrogens with zero attached hydrogens (tertiary/aromatic N) is 4. The molecular formula is C22H22N6O2. The third kappa shape index (κ3) is 4.22. The van der Waals surface area contributed by atoms with E-state index in [0.29, 0.717) is 11.5 Å². The van der Waals surface area contributed by atoms with Gasteiger partial charge >= 0.3 is 5.69 Å². The van der Waals surface area contributed by atoms with Crippen molar-refractivity contribution in [1.29, 1.82) is 0 Å². The summed E-state index contributed by atoms with van der Waals surface area (Å²) in [4.78, 5) is 29.3. The molecule has 0 bridgehead atoms. The van der Waals surface area contributed by atoms with E-state index in [1.807, 2.05) is 62.4 Å². The van der Waals surface area contributed by atoms with Crippen LogP contribution in [0.1, 0.15) is 18.1 Å². The third-order valence-electron chi connectivity index (χ3n) is 4.69. The lowest BCUT2D eigenvalue weighted by atomic mass is 10.1. The van der Waals surface area contributed by atoms with Crippen LogP contribution in [0.2, 0.25) is 0 Å². The molecule has 8 heteroatoms. The van der Waals surface area contributed by atoms with Gasteiger partial charge in [0.05, 0.1) is 0 Å². The Bertz CT molecular complexity index is 1260. The summed E-state index contributed by atoms with van der Waals surface area (Å²) in [5.41, 5.74) is 3.44. The number of hydrogen-bond donors (Lipinski definition) is 2. The van der Waals surface area contributed by atoms with Gasteiger partial charge in [-0.25, -0.2) is 13.9 Å². The number of aromatic nitrogens is 4. The molecule has 8 nitrogen and oxygen atoms in total. The molecule has 4 rings (SSSR count). The van der Waals surface area contributed by atoms with Gasteiger partial charge < -0.3 is 10.6 Å². The normalized spacial score (nSPS) is 10.9. The summed E-state index contributed by atoms with van der Waals surface area (Å²) in [5, 5.41) is 10.2. The Balaban J connectivity index is 1.51. The van der Waals surface area contributed by atoms with E-state index >= 15 is 0 Å². The lowest BCUT2D eigenvalue weighted by Gasteiger charge is -2.06. The van der Waals surface area contributed by atoms with Crippen molar-refractivity contribution in [3.05, 3.63) is 82.4 Å². The van der Waals surface area contributed by atoms with Crippen LogP contribution in [0.4, 0.5) is 17.2 Å². The Hall–Kier alpha value is -3.94. The zero-order chi connectivity index (χ0) is 21.1. The number of rotatable bonds is 6. The van der Waals surface area contributed by atoms with Crippen LogP contribution in [0.25, 0.3) is 5.78 Å². The topological polar surface area (TPSA) is 93.3 Å². The molecule has 152 valence electrons. The number of benzene rings is 2. The lowest BCUT2D eigenvalue weighted by molar-refractivity contribution is -0.117. The molecule has 0 saturated heterocycles. The second-order valence-corrected chi connectivity index (χ2v) is 7.02. The maximum atomic E-state index is 12.5. The Morgan fingerprint density at radius 1 is 1.07 bits per heavy atom. The molecule has 0 atom stereocenters. The van der Waals surface area contributed by atoms with E-state index < -0.39 is 5.69 Å². The number of anilines is 3. The fraction of sp³-hybridized carbons (Fsp3) is 0.182. The van der Waals surface area contributed by atoms with Crippen molar-refractivity contribution in [1.82, 2.24) is 19.2 Å². The smallest absolute Gasteiger partial charge is 0.340 e. The molecule has 0 aliphatic rings. The number of aryl methyl sites for hydroxylation is 2. The monoisotopic (exact) mass is 402 g/mol. The Morgan fingerprint density at radius 3 is 2.63 bits per heavy atom. The van der Waals surface area contributed by atoms with Gasteiger partial charge in [0, 0.05) is 17.6 Å². The summed E-state index contributed by atoms with van der Waals surface area (Å²) in [6, 6.07) is 17.2. The first-order valence-electron chi connectivity index (χ1n) is 9.70. The molecule has 2 heterocycles. The van der Waals surface area contributed by atoms with Gasteiger partial charge in [0.1, 0.15) is 12.4 Å². The van der Waals surface area contributed by atoms with E-state index in [1.165, 1.54) is 4.40 Å². The molecule has 4 aromatic rings. The summed E-state index contributed by atoms with van der Waals surface area (Å²) >= 11 is 0. The summed E-state index contributed by atoms with van der Waals surface area (Å²) < 4.78 is 2.42. The highest BCUT2D eigenvalue weighted by Gasteiger charge is 2.12. The predicted octanol–water partition coefficient (Wildman–Crippen LogP) is 3.14. The average molecular weight is 402 g/mol. The zero-order valence-corrected chi connectivity index (χ0v) is 16.8. The second-order valence-electron chi connectivity index (χ2n) is 7.02. The maximum absolute atomic E-state index is 12.5. The predicted molar refractivity (Wildman–Crippen MR) is 116 cm³/mol. The maximum Gasteiger partial charge on any atom is 0.352 e. The minimum Gasteiger partial charge on any atom is -0.340 e. The van der Waals surface area contributed by atoms with Crippen LogP contribution in [0.15, 0.2) is 65.6 Å². The fourth-order valence-electron chi connectivity index (χ4n) is 3.07. The van der Waals surface area contributed by atoms with Gasteiger partial charge in [-0.3, -0.25) is 4.79 Å². The van der Waals surface area contributed by atoms with Crippen molar-refractivity contribution >= 4 is 28.9 Å². The van der Waals surface area contributed by atoms with Gasteiger partial charge in [0.15, 0.2) is 0 Å². The average Bonchev–Trinajstić information content (AvgIpc) is 3.04. The number of carbonyl (C=O) groups excluding carboxylic acids is 1. The van der Waals surface area contributed by atoms with E-state index in [0.717, 1.165) is 27.9 Å². The first-order valence-corrected chi connectivity index (χ1v) is 9.70. The summed E-state index contributed by atoms with van der Waals surface area (Å²) in [6.45, 7) is 3.87. The molecule has 2 N–H and O–H groups in total. The van der Waals surface area contributed by atoms with Gasteiger partial charge in [0.2, 0.25) is 5.91 Å². The van der Waals surface area contributed by atoms with Crippen LogP contribution in [-0.4, -0.2) is 25.1 Å². The molecular weight excluding hydrogens is 380 g/mol. The molecule has 0 aliphatic carbocycles. The minimum atomic E-state index is -0.420. The Kier molecular flexibility index (Phi) is 5.30. The quantitative estimate of drug-likeness (QED) is 0.517. The summed E-state index contributed by atoms with van der Waals surface area (Å²) in [7, 11) is 0. The number of hydrogen-bond acceptors (Lipinski definition) is 5. The highest BCUT2D eigenvalue weighted by atomic mass is 16.2. The van der Waals surface area contributed by atoms with Crippen LogP contribution in [0, 0.1) is 6.92 Å². The molecule has 0 saturated carbocycles. The van der Waals surface area contributed by atoms with E-state index in [-0.39, 0.29) is 18.2 Å². The number of nitrogens with one attached hydrogen (secondary N) is 2. The van der Waals surface area contributed by atoms with Crippen molar-refractivity contribution in [3.8, 4) is 0 Å². The lowest BCUT2D eigenvalue weighted by Crippen LogP contribution is -2.28. The van der Waals surface area contributed by atoms with Crippen LogP contribution < -0.4 is 16.3 Å². The van der Waals surface area contributed by atoms with E-state index in [9.17, 15) is 9.59 Å². The number of carbonyl (C=O) groups is 1. The van der Waals surface area contributed by atoms with Crippen LogP contribution in [0.5, 0.6) is 0 Å². The first-order chi connectivity index (χ1) is 14.5. The van der Waals surface area contributed by atoms with Crippen molar-refractivity contribution < 1.29 is 4.79 Å². The van der Waals surface area contributed by atoms with Gasteiger partial charge in [-0.15, -0.1) is 5.10 Å². The summed E-state index contributed by atoms with van der Waals surface area (Å²) in [6.07, 6.45) is 2.47. The van der Waals surface area contributed by atoms with Crippen molar-refractivity contribution in [2.75, 3.05) is 10.6 Å². The molecule has 1 amide bonds. The zero-order valence-electron chi connectivity index (χ0n) is 16.8. The molecule has 0 spiro atoms. The van der Waals surface area contributed by atoms with Crippen LogP contribution in [-0.2, 0) is 17.8 Å². The van der Waals surface area contributed by atoms with E-state index in [4.69, 9.17) is 0 Å². The minimum absolute atomic E-state index is 0.195. The highest BCUT2D eigenvalue weighted by molar-refractivity contribution is 5.90. The van der Waals surface area contributed by atoms with Gasteiger partial charge in [-0.1, -0.05) is 36.8 Å². The van der Waals surface area contributed by atoms with Gasteiger partial charge in [-0.05, 0) is 49.2 Å². The fourth-order valence-corrected chi connectivity index (χ4v) is 3.07. The van der Waals surface area contributed by atoms with E-state index in [2.05, 4.69) is 20.7 Å². The van der Waals surface area contributed by atoms with Crippen molar-refractivity contribution in [2.24, 2.45) is 0 Å². The molecule has 0 aliphatic heterocycles. The second kappa shape index (κ2) is 8.20. The largest absolute Gasteiger partial charge is 0.352 e.